The van der Waals surface area contributed by atoms with Crippen LogP contribution in [-0.2, 0) is 9.59 Å². The zero-order valence-electron chi connectivity index (χ0n) is 19.1. The molecule has 0 aliphatic heterocycles. The van der Waals surface area contributed by atoms with Crippen molar-refractivity contribution in [2.75, 3.05) is 13.5 Å². The van der Waals surface area contributed by atoms with Crippen LogP contribution in [0.4, 0.5) is 0 Å². The number of aliphatic carboxylic acids is 2. The number of benzene rings is 2. The first-order valence-electron chi connectivity index (χ1n) is 10.3. The first-order chi connectivity index (χ1) is 14.9. The highest BCUT2D eigenvalue weighted by molar-refractivity contribution is 7.10. The number of carbonyl (C=O) groups is 2. The van der Waals surface area contributed by atoms with Crippen LogP contribution in [0.15, 0.2) is 60.0 Å². The Balaban J connectivity index is 0.000000534. The number of ether oxygens (including phenoxy) is 1. The van der Waals surface area contributed by atoms with Gasteiger partial charge in [0.15, 0.2) is 0 Å². The minimum Gasteiger partial charge on any atom is -0.484 e. The van der Waals surface area contributed by atoms with Gasteiger partial charge in [0, 0.05) is 23.5 Å². The summed E-state index contributed by atoms with van der Waals surface area (Å²) in [6.45, 7) is -4.67. The predicted molar refractivity (Wildman–Crippen MR) is 105 cm³/mol. The van der Waals surface area contributed by atoms with Crippen molar-refractivity contribution in [2.45, 2.75) is 12.5 Å². The summed E-state index contributed by atoms with van der Waals surface area (Å²) >= 11 is 1.45. The molecule has 0 amide bonds. The summed E-state index contributed by atoms with van der Waals surface area (Å²) in [4.78, 5) is 19.0. The fourth-order valence-electron chi connectivity index (χ4n) is 2.27. The van der Waals surface area contributed by atoms with Crippen molar-refractivity contribution < 1.29 is 31.4 Å². The van der Waals surface area contributed by atoms with Gasteiger partial charge in [-0.25, -0.2) is 9.59 Å². The van der Waals surface area contributed by atoms with E-state index in [1.807, 2.05) is 60.0 Å². The SMILES string of the molecule is O=C(O)C(=O)O.[2H]C([2H])([2H])NC([2H])([2H])CC(Oc1cccc2ccccc12)c1cccs1. The molecule has 0 aliphatic carbocycles. The Bertz CT molecular complexity index is 1040. The predicted octanol–water partition coefficient (Wildman–Crippen LogP) is 3.79. The van der Waals surface area contributed by atoms with E-state index in [-0.39, 0.29) is 6.42 Å². The fourth-order valence-corrected chi connectivity index (χ4v) is 3.02. The van der Waals surface area contributed by atoms with Crippen molar-refractivity contribution in [3.63, 3.8) is 0 Å². The van der Waals surface area contributed by atoms with Crippen LogP contribution in [0.25, 0.3) is 10.8 Å². The standard InChI is InChI=1S/C18H19NOS.C2H2O4/c1-19-12-11-17(18-10-5-13-21-18)20-16-9-4-7-14-6-2-3-8-15(14)16;3-1(4)2(5)6/h2-10,13,17,19H,11-12H2,1H3;(H,3,4)(H,5,6)/i1D3,12D2;. The molecule has 27 heavy (non-hydrogen) atoms. The van der Waals surface area contributed by atoms with Gasteiger partial charge in [-0.05, 0) is 36.4 Å². The van der Waals surface area contributed by atoms with Crippen LogP contribution in [0.2, 0.25) is 0 Å². The van der Waals surface area contributed by atoms with E-state index < -0.39 is 31.5 Å². The molecule has 1 unspecified atom stereocenters. The lowest BCUT2D eigenvalue weighted by atomic mass is 10.1. The van der Waals surface area contributed by atoms with Crippen LogP contribution in [0.5, 0.6) is 5.75 Å². The Morgan fingerprint density at radius 2 is 1.89 bits per heavy atom. The summed E-state index contributed by atoms with van der Waals surface area (Å²) in [5.41, 5.74) is 0. The number of hydrogen-bond donors (Lipinski definition) is 3. The first kappa shape index (κ1) is 14.2. The second kappa shape index (κ2) is 10.3. The number of thiophene rings is 1. The van der Waals surface area contributed by atoms with Gasteiger partial charge in [0.1, 0.15) is 11.9 Å². The largest absolute Gasteiger partial charge is 0.484 e. The molecular weight excluding hydrogens is 366 g/mol. The highest BCUT2D eigenvalue weighted by Gasteiger charge is 2.15. The van der Waals surface area contributed by atoms with Crippen LogP contribution in [0.1, 0.15) is 24.3 Å². The molecule has 0 saturated heterocycles. The molecule has 1 aromatic heterocycles. The van der Waals surface area contributed by atoms with E-state index in [2.05, 4.69) is 5.32 Å². The van der Waals surface area contributed by atoms with Gasteiger partial charge in [-0.1, -0.05) is 42.5 Å². The Morgan fingerprint density at radius 1 is 1.15 bits per heavy atom. The maximum absolute atomic E-state index is 9.10. The van der Waals surface area contributed by atoms with E-state index in [1.54, 1.807) is 0 Å². The lowest BCUT2D eigenvalue weighted by Gasteiger charge is -2.19. The molecule has 3 rings (SSSR count). The van der Waals surface area contributed by atoms with E-state index in [0.717, 1.165) is 15.6 Å². The molecule has 0 spiro atoms. The molecule has 2 aromatic carbocycles. The Labute approximate surface area is 168 Å². The van der Waals surface area contributed by atoms with Crippen molar-refractivity contribution in [3.05, 3.63) is 64.9 Å². The molecule has 0 saturated carbocycles. The van der Waals surface area contributed by atoms with E-state index in [4.69, 9.17) is 31.4 Å². The fraction of sp³-hybridized carbons (Fsp3) is 0.200. The highest BCUT2D eigenvalue weighted by atomic mass is 32.1. The third kappa shape index (κ3) is 6.09. The Kier molecular flexibility index (Phi) is 5.41. The van der Waals surface area contributed by atoms with Crippen LogP contribution in [0, 0.1) is 0 Å². The Morgan fingerprint density at radius 3 is 2.56 bits per heavy atom. The van der Waals surface area contributed by atoms with Crippen molar-refractivity contribution in [1.82, 2.24) is 5.32 Å². The van der Waals surface area contributed by atoms with Crippen LogP contribution >= 0.6 is 11.3 Å². The summed E-state index contributed by atoms with van der Waals surface area (Å²) < 4.78 is 44.1. The van der Waals surface area contributed by atoms with Gasteiger partial charge in [0.25, 0.3) is 0 Å². The van der Waals surface area contributed by atoms with Gasteiger partial charge < -0.3 is 20.3 Å². The molecule has 3 N–H and O–H groups in total. The van der Waals surface area contributed by atoms with Crippen molar-refractivity contribution in [2.24, 2.45) is 0 Å². The van der Waals surface area contributed by atoms with E-state index in [9.17, 15) is 0 Å². The molecule has 0 aliphatic rings. The number of hydrogen-bond acceptors (Lipinski definition) is 5. The van der Waals surface area contributed by atoms with Gasteiger partial charge in [-0.15, -0.1) is 11.3 Å². The van der Waals surface area contributed by atoms with E-state index in [1.165, 1.54) is 11.3 Å². The van der Waals surface area contributed by atoms with Gasteiger partial charge in [-0.2, -0.15) is 0 Å². The summed E-state index contributed by atoms with van der Waals surface area (Å²) in [7, 11) is 0. The normalized spacial score (nSPS) is 15.0. The molecule has 1 heterocycles. The summed E-state index contributed by atoms with van der Waals surface area (Å²) in [6, 6.07) is 17.2. The lowest BCUT2D eigenvalue weighted by Crippen LogP contribution is -2.15. The topological polar surface area (TPSA) is 95.9 Å². The minimum absolute atomic E-state index is 0.130. The average molecular weight is 392 g/mol. The van der Waals surface area contributed by atoms with E-state index in [0.29, 0.717) is 5.75 Å². The molecular formula is C20H21NO5S. The molecule has 3 aromatic rings. The quantitative estimate of drug-likeness (QED) is 0.553. The van der Waals surface area contributed by atoms with Crippen LogP contribution in [0.3, 0.4) is 0 Å². The van der Waals surface area contributed by atoms with Gasteiger partial charge in [0.05, 0.1) is 0 Å². The number of fused-ring (bicyclic) bond motifs is 1. The molecule has 7 heteroatoms. The maximum atomic E-state index is 9.10. The van der Waals surface area contributed by atoms with Crippen molar-refractivity contribution >= 4 is 34.0 Å². The van der Waals surface area contributed by atoms with Gasteiger partial charge in [0.2, 0.25) is 0 Å². The van der Waals surface area contributed by atoms with Gasteiger partial charge >= 0.3 is 11.9 Å². The van der Waals surface area contributed by atoms with Crippen LogP contribution < -0.4 is 10.1 Å². The molecule has 0 fully saturated rings. The first-order valence-corrected chi connectivity index (χ1v) is 8.69. The number of carboxylic acids is 2. The molecule has 0 radical (unpaired) electrons. The van der Waals surface area contributed by atoms with E-state index >= 15 is 0 Å². The highest BCUT2D eigenvalue weighted by Crippen LogP contribution is 2.32. The molecule has 1 atom stereocenters. The molecule has 142 valence electrons. The Hall–Kier alpha value is -2.90. The molecule has 0 bridgehead atoms. The molecule has 6 nitrogen and oxygen atoms in total. The third-order valence-electron chi connectivity index (χ3n) is 3.44. The number of carboxylic acid groups (broad SMARTS) is 2. The zero-order valence-corrected chi connectivity index (χ0v) is 14.9. The maximum Gasteiger partial charge on any atom is 0.414 e. The summed E-state index contributed by atoms with van der Waals surface area (Å²) in [5, 5.41) is 20.7. The second-order valence-electron chi connectivity index (χ2n) is 5.22. The van der Waals surface area contributed by atoms with Gasteiger partial charge in [-0.3, -0.25) is 0 Å². The van der Waals surface area contributed by atoms with Crippen molar-refractivity contribution in [3.8, 4) is 5.75 Å². The third-order valence-corrected chi connectivity index (χ3v) is 4.40. The second-order valence-corrected chi connectivity index (χ2v) is 6.19. The minimum atomic E-state index is -2.57. The number of nitrogens with one attached hydrogen (secondary N) is 1. The zero-order chi connectivity index (χ0) is 23.9. The van der Waals surface area contributed by atoms with Crippen molar-refractivity contribution in [1.29, 1.82) is 0 Å². The van der Waals surface area contributed by atoms with Crippen LogP contribution in [-0.4, -0.2) is 35.6 Å². The average Bonchev–Trinajstić information content (AvgIpc) is 3.21. The monoisotopic (exact) mass is 392 g/mol. The number of rotatable bonds is 6. The lowest BCUT2D eigenvalue weighted by molar-refractivity contribution is -0.159. The summed E-state index contributed by atoms with van der Waals surface area (Å²) in [5.74, 6) is -3.00. The summed E-state index contributed by atoms with van der Waals surface area (Å²) in [6.07, 6.45) is -0.736. The smallest absolute Gasteiger partial charge is 0.414 e.